The van der Waals surface area contributed by atoms with Gasteiger partial charge in [-0.05, 0) is 44.7 Å². The van der Waals surface area contributed by atoms with Gasteiger partial charge in [-0.25, -0.2) is 4.79 Å². The van der Waals surface area contributed by atoms with Gasteiger partial charge in [0, 0.05) is 23.6 Å². The number of ether oxygens (including phenoxy) is 6. The second-order valence-electron chi connectivity index (χ2n) is 7.27. The highest BCUT2D eigenvalue weighted by atomic mass is 35.5. The van der Waals surface area contributed by atoms with Gasteiger partial charge in [0.1, 0.15) is 5.56 Å². The molecule has 0 saturated heterocycles. The Labute approximate surface area is 205 Å². The number of rotatable bonds is 10. The van der Waals surface area contributed by atoms with Crippen LogP contribution in [0.25, 0.3) is 0 Å². The zero-order valence-corrected chi connectivity index (χ0v) is 20.9. The molecule has 1 heterocycles. The summed E-state index contributed by atoms with van der Waals surface area (Å²) in [5, 5.41) is 3.18. The predicted molar refractivity (Wildman–Crippen MR) is 127 cm³/mol. The molecule has 0 saturated carbocycles. The number of carbonyl (C=O) groups excluding carboxylic acids is 2. The van der Waals surface area contributed by atoms with Gasteiger partial charge in [0.05, 0.1) is 27.9 Å². The molecule has 1 N–H and O–H groups in total. The Balaban J connectivity index is 0.00000408. The van der Waals surface area contributed by atoms with E-state index in [4.69, 9.17) is 28.4 Å². The minimum atomic E-state index is -0.668. The van der Waals surface area contributed by atoms with Gasteiger partial charge >= 0.3 is 5.97 Å². The van der Waals surface area contributed by atoms with E-state index in [1.54, 1.807) is 13.0 Å². The van der Waals surface area contributed by atoms with Crippen molar-refractivity contribution in [1.29, 1.82) is 0 Å². The molecule has 1 aliphatic rings. The minimum absolute atomic E-state index is 0. The number of nitrogens with one attached hydrogen (secondary N) is 1. The fourth-order valence-corrected chi connectivity index (χ4v) is 3.83. The summed E-state index contributed by atoms with van der Waals surface area (Å²) in [6.07, 6.45) is -0.0525. The maximum absolute atomic E-state index is 13.6. The number of halogens is 1. The average Bonchev–Trinajstić information content (AvgIpc) is 3.30. The first-order chi connectivity index (χ1) is 15.9. The topological polar surface area (TPSA) is 102 Å². The van der Waals surface area contributed by atoms with Crippen molar-refractivity contribution in [2.45, 2.75) is 26.3 Å². The lowest BCUT2D eigenvalue weighted by molar-refractivity contribution is 0.0518. The van der Waals surface area contributed by atoms with Gasteiger partial charge in [0.15, 0.2) is 28.8 Å². The third-order valence-corrected chi connectivity index (χ3v) is 5.52. The lowest BCUT2D eigenvalue weighted by atomic mass is 9.91. The Morgan fingerprint density at radius 3 is 2.38 bits per heavy atom. The number of benzene rings is 2. The summed E-state index contributed by atoms with van der Waals surface area (Å²) < 4.78 is 32.7. The van der Waals surface area contributed by atoms with Gasteiger partial charge < -0.3 is 33.7 Å². The predicted octanol–water partition coefficient (Wildman–Crippen LogP) is 3.75. The summed E-state index contributed by atoms with van der Waals surface area (Å²) in [4.78, 5) is 26.4. The molecule has 34 heavy (non-hydrogen) atoms. The van der Waals surface area contributed by atoms with Crippen LogP contribution < -0.4 is 29.0 Å². The number of ketones is 1. The van der Waals surface area contributed by atoms with E-state index in [1.165, 1.54) is 27.4 Å². The van der Waals surface area contributed by atoms with Crippen molar-refractivity contribution in [3.05, 3.63) is 40.5 Å². The standard InChI is InChI=1S/C24H29NO8.ClH/c1-7-31-24(27)20-14(8-9-18(28-4)22(20)30-6)17(26)10-16-15(13(2)25-3)11-19-23(21(16)29-5)33-12-32-19;/h8-9,11,13,25H,7,10,12H2,1-6H3;1H. The van der Waals surface area contributed by atoms with Crippen LogP contribution in [0.1, 0.15) is 51.7 Å². The van der Waals surface area contributed by atoms with Crippen molar-refractivity contribution >= 4 is 24.2 Å². The number of carbonyl (C=O) groups is 2. The molecule has 0 bridgehead atoms. The number of Topliss-reactive ketones (excluding diaryl/α,β-unsaturated/α-hetero) is 1. The molecule has 0 fully saturated rings. The zero-order valence-electron chi connectivity index (χ0n) is 20.1. The summed E-state index contributed by atoms with van der Waals surface area (Å²) >= 11 is 0. The van der Waals surface area contributed by atoms with Crippen LogP contribution in [0.5, 0.6) is 28.7 Å². The van der Waals surface area contributed by atoms with E-state index in [1.807, 2.05) is 20.0 Å². The van der Waals surface area contributed by atoms with E-state index in [9.17, 15) is 9.59 Å². The van der Waals surface area contributed by atoms with E-state index >= 15 is 0 Å². The van der Waals surface area contributed by atoms with Crippen LogP contribution >= 0.6 is 12.4 Å². The molecule has 9 nitrogen and oxygen atoms in total. The molecule has 186 valence electrons. The fraction of sp³-hybridized carbons (Fsp3) is 0.417. The van der Waals surface area contributed by atoms with E-state index in [-0.39, 0.29) is 60.9 Å². The molecule has 10 heteroatoms. The van der Waals surface area contributed by atoms with Gasteiger partial charge in [-0.15, -0.1) is 12.4 Å². The second kappa shape index (κ2) is 11.8. The molecule has 2 aromatic rings. The van der Waals surface area contributed by atoms with Crippen molar-refractivity contribution in [1.82, 2.24) is 5.32 Å². The molecule has 2 aromatic carbocycles. The molecule has 3 rings (SSSR count). The van der Waals surface area contributed by atoms with Gasteiger partial charge in [0.25, 0.3) is 0 Å². The number of fused-ring (bicyclic) bond motifs is 1. The highest BCUT2D eigenvalue weighted by molar-refractivity contribution is 6.09. The number of hydrogen-bond donors (Lipinski definition) is 1. The first-order valence-corrected chi connectivity index (χ1v) is 10.5. The summed E-state index contributed by atoms with van der Waals surface area (Å²) in [5.74, 6) is 0.904. The third-order valence-electron chi connectivity index (χ3n) is 5.52. The van der Waals surface area contributed by atoms with Gasteiger partial charge in [-0.3, -0.25) is 4.79 Å². The van der Waals surface area contributed by atoms with Crippen molar-refractivity contribution in [2.24, 2.45) is 0 Å². The highest BCUT2D eigenvalue weighted by Gasteiger charge is 2.31. The lowest BCUT2D eigenvalue weighted by Gasteiger charge is -2.21. The molecule has 0 radical (unpaired) electrons. The second-order valence-corrected chi connectivity index (χ2v) is 7.27. The molecule has 0 spiro atoms. The fourth-order valence-electron chi connectivity index (χ4n) is 3.83. The molecular weight excluding hydrogens is 466 g/mol. The van der Waals surface area contributed by atoms with Gasteiger partial charge in [-0.2, -0.15) is 0 Å². The van der Waals surface area contributed by atoms with Gasteiger partial charge in [-0.1, -0.05) is 0 Å². The minimum Gasteiger partial charge on any atom is -0.493 e. The monoisotopic (exact) mass is 495 g/mol. The molecular formula is C24H30ClNO8. The summed E-state index contributed by atoms with van der Waals surface area (Å²) in [6.45, 7) is 3.87. The summed E-state index contributed by atoms with van der Waals surface area (Å²) in [6, 6.07) is 4.86. The molecule has 0 amide bonds. The third kappa shape index (κ3) is 5.00. The van der Waals surface area contributed by atoms with Crippen molar-refractivity contribution in [2.75, 3.05) is 41.8 Å². The SMILES string of the molecule is CCOC(=O)c1c(C(=O)Cc2c(C(C)NC)cc3c(c2OC)OCO3)ccc(OC)c1OC.Cl. The summed E-state index contributed by atoms with van der Waals surface area (Å²) in [7, 11) is 6.19. The van der Waals surface area contributed by atoms with Crippen LogP contribution in [0, 0.1) is 0 Å². The first-order valence-electron chi connectivity index (χ1n) is 10.5. The van der Waals surface area contributed by atoms with E-state index < -0.39 is 5.97 Å². The van der Waals surface area contributed by atoms with E-state index in [0.717, 1.165) is 5.56 Å². The van der Waals surface area contributed by atoms with Crippen LogP contribution in [0.3, 0.4) is 0 Å². The number of methoxy groups -OCH3 is 3. The Kier molecular flexibility index (Phi) is 9.40. The molecule has 1 atom stereocenters. The largest absolute Gasteiger partial charge is 0.493 e. The molecule has 0 aromatic heterocycles. The van der Waals surface area contributed by atoms with E-state index in [0.29, 0.717) is 28.6 Å². The quantitative estimate of drug-likeness (QED) is 0.390. The van der Waals surface area contributed by atoms with Crippen molar-refractivity contribution in [3.63, 3.8) is 0 Å². The van der Waals surface area contributed by atoms with Crippen molar-refractivity contribution < 1.29 is 38.0 Å². The van der Waals surface area contributed by atoms with Crippen LogP contribution in [0.15, 0.2) is 18.2 Å². The van der Waals surface area contributed by atoms with Crippen LogP contribution in [0.4, 0.5) is 0 Å². The summed E-state index contributed by atoms with van der Waals surface area (Å²) in [5.41, 5.74) is 1.64. The molecule has 1 aliphatic heterocycles. The maximum atomic E-state index is 13.6. The van der Waals surface area contributed by atoms with Crippen LogP contribution in [0.2, 0.25) is 0 Å². The Morgan fingerprint density at radius 2 is 1.79 bits per heavy atom. The molecule has 1 unspecified atom stereocenters. The van der Waals surface area contributed by atoms with Crippen molar-refractivity contribution in [3.8, 4) is 28.7 Å². The number of esters is 1. The highest BCUT2D eigenvalue weighted by Crippen LogP contribution is 2.47. The smallest absolute Gasteiger partial charge is 0.342 e. The van der Waals surface area contributed by atoms with Gasteiger partial charge in [0.2, 0.25) is 12.5 Å². The lowest BCUT2D eigenvalue weighted by Crippen LogP contribution is -2.19. The first kappa shape index (κ1) is 27.1. The average molecular weight is 496 g/mol. The van der Waals surface area contributed by atoms with Crippen LogP contribution in [-0.4, -0.2) is 53.5 Å². The zero-order chi connectivity index (χ0) is 24.1. The van der Waals surface area contributed by atoms with Crippen LogP contribution in [-0.2, 0) is 11.2 Å². The Bertz CT molecular complexity index is 1060. The Morgan fingerprint density at radius 1 is 1.09 bits per heavy atom. The Hall–Kier alpha value is -3.17. The van der Waals surface area contributed by atoms with E-state index in [2.05, 4.69) is 5.32 Å². The maximum Gasteiger partial charge on any atom is 0.342 e. The molecule has 0 aliphatic carbocycles. The normalized spacial score (nSPS) is 12.4. The number of hydrogen-bond acceptors (Lipinski definition) is 9.